The maximum Gasteiger partial charge on any atom is 0.188 e. The molecule has 2 rings (SSSR count). The Hall–Kier alpha value is -1.57. The molecule has 1 aromatic heterocycles. The van der Waals surface area contributed by atoms with Gasteiger partial charge in [-0.3, -0.25) is 0 Å². The van der Waals surface area contributed by atoms with Crippen LogP contribution in [0, 0.1) is 5.21 Å². The van der Waals surface area contributed by atoms with Crippen LogP contribution in [0.5, 0.6) is 0 Å². The molecule has 1 heterocycles. The number of rotatable bonds is 0. The Morgan fingerprint density at radius 3 is 2.55 bits per heavy atom. The highest BCUT2D eigenvalue weighted by molar-refractivity contribution is 5.80. The lowest BCUT2D eigenvalue weighted by atomic mass is 10.2. The van der Waals surface area contributed by atoms with Gasteiger partial charge in [-0.1, -0.05) is 18.2 Å². The van der Waals surface area contributed by atoms with Crippen molar-refractivity contribution in [2.24, 2.45) is 0 Å². The average Bonchev–Trinajstić information content (AvgIpc) is 2.04. The third-order valence-corrected chi connectivity index (χ3v) is 1.66. The molecular weight excluding hydrogens is 138 g/mol. The molecule has 0 aliphatic rings. The van der Waals surface area contributed by atoms with Gasteiger partial charge in [0.25, 0.3) is 0 Å². The fraction of sp³-hybridized carbons (Fsp3) is 0. The summed E-state index contributed by atoms with van der Waals surface area (Å²) < 4.78 is 0.808. The number of hydrogen-bond donors (Lipinski definition) is 0. The lowest BCUT2D eigenvalue weighted by molar-refractivity contribution is -0.603. The summed E-state index contributed by atoms with van der Waals surface area (Å²) in [4.78, 5) is 0. The van der Waals surface area contributed by atoms with Crippen molar-refractivity contribution in [2.45, 2.75) is 0 Å². The molecule has 0 saturated heterocycles. The van der Waals surface area contributed by atoms with Crippen LogP contribution in [0.1, 0.15) is 0 Å². The maximum atomic E-state index is 10.8. The van der Waals surface area contributed by atoms with E-state index in [-0.39, 0.29) is 0 Å². The second kappa shape index (κ2) is 2.23. The van der Waals surface area contributed by atoms with Gasteiger partial charge in [-0.15, -0.1) is 0 Å². The van der Waals surface area contributed by atoms with Crippen LogP contribution in [0.2, 0.25) is 0 Å². The van der Waals surface area contributed by atoms with Crippen LogP contribution in [0.25, 0.3) is 10.8 Å². The minimum absolute atomic E-state index is 0.808. The molecule has 0 bridgehead atoms. The van der Waals surface area contributed by atoms with Crippen LogP contribution in [0.4, 0.5) is 0 Å². The summed E-state index contributed by atoms with van der Waals surface area (Å²) in [5.74, 6) is 0. The zero-order chi connectivity index (χ0) is 7.68. The molecule has 0 unspecified atom stereocenters. The van der Waals surface area contributed by atoms with Crippen molar-refractivity contribution >= 4 is 10.8 Å². The van der Waals surface area contributed by atoms with E-state index in [1.54, 1.807) is 6.20 Å². The van der Waals surface area contributed by atoms with Crippen molar-refractivity contribution in [1.29, 1.82) is 0 Å². The van der Waals surface area contributed by atoms with E-state index < -0.39 is 0 Å². The Balaban J connectivity index is 2.83. The van der Waals surface area contributed by atoms with E-state index in [0.717, 1.165) is 15.5 Å². The minimum Gasteiger partial charge on any atom is -0.619 e. The van der Waals surface area contributed by atoms with E-state index in [1.807, 2.05) is 30.3 Å². The van der Waals surface area contributed by atoms with Gasteiger partial charge in [-0.05, 0) is 11.5 Å². The molecule has 11 heavy (non-hydrogen) atoms. The van der Waals surface area contributed by atoms with Crippen molar-refractivity contribution in [3.05, 3.63) is 47.9 Å². The van der Waals surface area contributed by atoms with Gasteiger partial charge in [0.15, 0.2) is 12.4 Å². The molecule has 2 nitrogen and oxygen atoms in total. The molecule has 2 aromatic rings. The van der Waals surface area contributed by atoms with Crippen molar-refractivity contribution in [1.82, 2.24) is 0 Å². The number of hydrogen-bond acceptors (Lipinski definition) is 1. The molecular formula is C9H7NO. The molecule has 0 radical (unpaired) electrons. The van der Waals surface area contributed by atoms with Crippen molar-refractivity contribution in [3.63, 3.8) is 0 Å². The standard InChI is InChI=1S/C9H7NO/c11-10-6-5-8-3-1-2-4-9(8)7-10/h1-7H. The van der Waals surface area contributed by atoms with E-state index in [4.69, 9.17) is 0 Å². The third kappa shape index (κ3) is 1.03. The topological polar surface area (TPSA) is 26.9 Å². The van der Waals surface area contributed by atoms with Gasteiger partial charge in [-0.25, -0.2) is 0 Å². The van der Waals surface area contributed by atoms with E-state index in [9.17, 15) is 5.21 Å². The molecule has 0 N–H and O–H groups in total. The van der Waals surface area contributed by atoms with E-state index in [0.29, 0.717) is 0 Å². The summed E-state index contributed by atoms with van der Waals surface area (Å²) in [5, 5.41) is 12.9. The summed E-state index contributed by atoms with van der Waals surface area (Å²) in [7, 11) is 0. The Morgan fingerprint density at radius 1 is 1.00 bits per heavy atom. The van der Waals surface area contributed by atoms with Crippen LogP contribution in [-0.4, -0.2) is 0 Å². The molecule has 0 amide bonds. The van der Waals surface area contributed by atoms with Gasteiger partial charge in [0.1, 0.15) is 0 Å². The predicted octanol–water partition coefficient (Wildman–Crippen LogP) is 1.47. The van der Waals surface area contributed by atoms with Crippen LogP contribution >= 0.6 is 0 Å². The third-order valence-electron chi connectivity index (χ3n) is 1.66. The SMILES string of the molecule is [O-][n+]1ccc2ccccc2c1. The maximum absolute atomic E-state index is 10.8. The van der Waals surface area contributed by atoms with Gasteiger partial charge in [0.2, 0.25) is 0 Å². The summed E-state index contributed by atoms with van der Waals surface area (Å²) in [6, 6.07) is 9.58. The fourth-order valence-electron chi connectivity index (χ4n) is 1.11. The van der Waals surface area contributed by atoms with Gasteiger partial charge in [0, 0.05) is 11.5 Å². The van der Waals surface area contributed by atoms with Crippen molar-refractivity contribution < 1.29 is 4.73 Å². The van der Waals surface area contributed by atoms with Gasteiger partial charge >= 0.3 is 0 Å². The monoisotopic (exact) mass is 145 g/mol. The Morgan fingerprint density at radius 2 is 1.73 bits per heavy atom. The largest absolute Gasteiger partial charge is 0.619 e. The number of fused-ring (bicyclic) bond motifs is 1. The molecule has 0 aliphatic carbocycles. The highest BCUT2D eigenvalue weighted by Crippen LogP contribution is 2.08. The van der Waals surface area contributed by atoms with E-state index in [1.165, 1.54) is 6.20 Å². The predicted molar refractivity (Wildman–Crippen MR) is 42.9 cm³/mol. The zero-order valence-corrected chi connectivity index (χ0v) is 5.90. The lowest BCUT2D eigenvalue weighted by Gasteiger charge is -1.96. The van der Waals surface area contributed by atoms with Gasteiger partial charge in [0.05, 0.1) is 0 Å². The zero-order valence-electron chi connectivity index (χ0n) is 5.90. The van der Waals surface area contributed by atoms with Crippen LogP contribution in [0.15, 0.2) is 42.7 Å². The molecule has 0 atom stereocenters. The molecule has 0 spiro atoms. The second-order valence-corrected chi connectivity index (χ2v) is 2.43. The van der Waals surface area contributed by atoms with Crippen LogP contribution in [0.3, 0.4) is 0 Å². The molecule has 2 heteroatoms. The van der Waals surface area contributed by atoms with Crippen molar-refractivity contribution in [2.75, 3.05) is 0 Å². The second-order valence-electron chi connectivity index (χ2n) is 2.43. The quantitative estimate of drug-likeness (QED) is 0.407. The van der Waals surface area contributed by atoms with E-state index >= 15 is 0 Å². The Labute approximate surface area is 64.3 Å². The Bertz CT molecular complexity index is 384. The van der Waals surface area contributed by atoms with Crippen LogP contribution < -0.4 is 4.73 Å². The first-order valence-corrected chi connectivity index (χ1v) is 3.44. The Kier molecular flexibility index (Phi) is 1.25. The number of pyridine rings is 1. The highest BCUT2D eigenvalue weighted by Gasteiger charge is 1.93. The summed E-state index contributed by atoms with van der Waals surface area (Å²) in [6.07, 6.45) is 3.07. The first kappa shape index (κ1) is 6.16. The fourth-order valence-corrected chi connectivity index (χ4v) is 1.11. The van der Waals surface area contributed by atoms with Crippen molar-refractivity contribution in [3.8, 4) is 0 Å². The summed E-state index contributed by atoms with van der Waals surface area (Å²) >= 11 is 0. The summed E-state index contributed by atoms with van der Waals surface area (Å²) in [6.45, 7) is 0. The first-order valence-electron chi connectivity index (χ1n) is 3.44. The normalized spacial score (nSPS) is 10.2. The molecule has 0 aliphatic heterocycles. The highest BCUT2D eigenvalue weighted by atomic mass is 16.5. The van der Waals surface area contributed by atoms with Gasteiger partial charge < -0.3 is 5.21 Å². The average molecular weight is 145 g/mol. The first-order chi connectivity index (χ1) is 5.36. The molecule has 0 fully saturated rings. The number of aromatic nitrogens is 1. The van der Waals surface area contributed by atoms with E-state index in [2.05, 4.69) is 0 Å². The molecule has 54 valence electrons. The summed E-state index contributed by atoms with van der Waals surface area (Å²) in [5.41, 5.74) is 0. The van der Waals surface area contributed by atoms with Crippen LogP contribution in [-0.2, 0) is 0 Å². The number of benzene rings is 1. The minimum atomic E-state index is 0.808. The lowest BCUT2D eigenvalue weighted by Crippen LogP contribution is -2.23. The smallest absolute Gasteiger partial charge is 0.188 e. The molecule has 0 saturated carbocycles. The molecule has 1 aromatic carbocycles. The number of nitrogens with zero attached hydrogens (tertiary/aromatic N) is 1. The van der Waals surface area contributed by atoms with Gasteiger partial charge in [-0.2, -0.15) is 4.73 Å².